The maximum absolute atomic E-state index is 11.0. The molecule has 0 saturated carbocycles. The van der Waals surface area contributed by atoms with Gasteiger partial charge < -0.3 is 9.47 Å². The Bertz CT molecular complexity index is 1200. The number of nitro benzene ring substituents is 1. The zero-order chi connectivity index (χ0) is 20.4. The van der Waals surface area contributed by atoms with Gasteiger partial charge in [0.05, 0.1) is 18.1 Å². The predicted octanol–water partition coefficient (Wildman–Crippen LogP) is 6.37. The van der Waals surface area contributed by atoms with Gasteiger partial charge in [-0.05, 0) is 37.1 Å². The van der Waals surface area contributed by atoms with Crippen LogP contribution in [-0.4, -0.2) is 18.1 Å². The van der Waals surface area contributed by atoms with Gasteiger partial charge in [-0.15, -0.1) is 0 Å². The number of hydrogen-bond donors (Lipinski definition) is 0. The largest absolute Gasteiger partial charge is 0.493 e. The normalized spacial score (nSPS) is 11.0. The van der Waals surface area contributed by atoms with E-state index in [2.05, 4.69) is 0 Å². The maximum atomic E-state index is 11.0. The molecule has 0 N–H and O–H groups in total. The summed E-state index contributed by atoms with van der Waals surface area (Å²) >= 11 is 0. The molecule has 0 fully saturated rings. The molecule has 146 valence electrons. The summed E-state index contributed by atoms with van der Waals surface area (Å²) in [7, 11) is 0. The minimum atomic E-state index is -0.390. The number of ether oxygens (including phenoxy) is 2. The minimum absolute atomic E-state index is 0.0690. The summed E-state index contributed by atoms with van der Waals surface area (Å²) in [4.78, 5) is 10.6. The second kappa shape index (κ2) is 7.80. The molecule has 29 heavy (non-hydrogen) atoms. The quantitative estimate of drug-likeness (QED) is 0.219. The van der Waals surface area contributed by atoms with Crippen molar-refractivity contribution in [2.45, 2.75) is 13.8 Å². The fourth-order valence-corrected chi connectivity index (χ4v) is 3.74. The average molecular weight is 387 g/mol. The van der Waals surface area contributed by atoms with Crippen LogP contribution in [0.3, 0.4) is 0 Å². The standard InChI is InChI=1S/C24H21NO4/c1-3-28-23-19-8-5-6-9-20(19)24(29-4-2)22-18(10-7-11-21(22)23)16-12-14-17(15-13-16)25(26)27/h5-15H,3-4H2,1-2H3. The molecule has 0 aliphatic rings. The van der Waals surface area contributed by atoms with E-state index in [0.29, 0.717) is 13.2 Å². The van der Waals surface area contributed by atoms with Gasteiger partial charge in [-0.25, -0.2) is 0 Å². The number of nitro groups is 1. The van der Waals surface area contributed by atoms with Gasteiger partial charge >= 0.3 is 0 Å². The van der Waals surface area contributed by atoms with Crippen LogP contribution in [0.25, 0.3) is 32.7 Å². The van der Waals surface area contributed by atoms with Crippen molar-refractivity contribution in [1.82, 2.24) is 0 Å². The molecule has 5 nitrogen and oxygen atoms in total. The van der Waals surface area contributed by atoms with Crippen molar-refractivity contribution in [3.8, 4) is 22.6 Å². The van der Waals surface area contributed by atoms with Crippen LogP contribution < -0.4 is 9.47 Å². The third-order valence-corrected chi connectivity index (χ3v) is 4.92. The zero-order valence-electron chi connectivity index (χ0n) is 16.3. The molecule has 0 amide bonds. The summed E-state index contributed by atoms with van der Waals surface area (Å²) < 4.78 is 12.2. The number of rotatable bonds is 6. The molecule has 0 heterocycles. The molecule has 0 radical (unpaired) electrons. The lowest BCUT2D eigenvalue weighted by Gasteiger charge is -2.19. The molecule has 0 aliphatic carbocycles. The molecular weight excluding hydrogens is 366 g/mol. The molecule has 0 saturated heterocycles. The van der Waals surface area contributed by atoms with Crippen molar-refractivity contribution in [2.75, 3.05) is 13.2 Å². The van der Waals surface area contributed by atoms with Crippen molar-refractivity contribution in [3.05, 3.63) is 76.8 Å². The Morgan fingerprint density at radius 1 is 0.759 bits per heavy atom. The Labute approximate surface area is 168 Å². The van der Waals surface area contributed by atoms with E-state index in [1.807, 2.05) is 56.3 Å². The van der Waals surface area contributed by atoms with Gasteiger partial charge in [0.2, 0.25) is 0 Å². The van der Waals surface area contributed by atoms with Crippen molar-refractivity contribution in [1.29, 1.82) is 0 Å². The molecule has 4 aromatic rings. The summed E-state index contributed by atoms with van der Waals surface area (Å²) in [5.74, 6) is 1.63. The highest BCUT2D eigenvalue weighted by Gasteiger charge is 2.19. The highest BCUT2D eigenvalue weighted by Crippen LogP contribution is 2.46. The summed E-state index contributed by atoms with van der Waals surface area (Å²) in [5.41, 5.74) is 1.91. The monoisotopic (exact) mass is 387 g/mol. The number of non-ortho nitro benzene ring substituents is 1. The van der Waals surface area contributed by atoms with Crippen molar-refractivity contribution in [3.63, 3.8) is 0 Å². The van der Waals surface area contributed by atoms with Crippen LogP contribution in [-0.2, 0) is 0 Å². The van der Waals surface area contributed by atoms with E-state index >= 15 is 0 Å². The van der Waals surface area contributed by atoms with Crippen molar-refractivity contribution < 1.29 is 14.4 Å². The van der Waals surface area contributed by atoms with Crippen LogP contribution in [0.1, 0.15) is 13.8 Å². The SMILES string of the molecule is CCOc1c2ccccc2c(OCC)c2c(-c3ccc([N+](=O)[O-])cc3)cccc12. The Kier molecular flexibility index (Phi) is 5.04. The lowest BCUT2D eigenvalue weighted by atomic mass is 9.93. The zero-order valence-corrected chi connectivity index (χ0v) is 16.3. The predicted molar refractivity (Wildman–Crippen MR) is 116 cm³/mol. The van der Waals surface area contributed by atoms with Crippen LogP contribution in [0.4, 0.5) is 5.69 Å². The summed E-state index contributed by atoms with van der Waals surface area (Å²) in [6.45, 7) is 5.01. The van der Waals surface area contributed by atoms with Gasteiger partial charge in [-0.2, -0.15) is 0 Å². The summed E-state index contributed by atoms with van der Waals surface area (Å²) in [5, 5.41) is 14.9. The molecule has 0 spiro atoms. The van der Waals surface area contributed by atoms with Gasteiger partial charge in [-0.1, -0.05) is 42.5 Å². The lowest BCUT2D eigenvalue weighted by Crippen LogP contribution is -1.99. The van der Waals surface area contributed by atoms with E-state index in [4.69, 9.17) is 9.47 Å². The Morgan fingerprint density at radius 2 is 1.34 bits per heavy atom. The van der Waals surface area contributed by atoms with E-state index < -0.39 is 0 Å². The third-order valence-electron chi connectivity index (χ3n) is 4.92. The second-order valence-corrected chi connectivity index (χ2v) is 6.60. The van der Waals surface area contributed by atoms with E-state index in [0.717, 1.165) is 44.2 Å². The van der Waals surface area contributed by atoms with Crippen LogP contribution in [0, 0.1) is 10.1 Å². The first kappa shape index (κ1) is 18.7. The first-order chi connectivity index (χ1) is 14.2. The van der Waals surface area contributed by atoms with Gasteiger partial charge in [0, 0.05) is 33.7 Å². The minimum Gasteiger partial charge on any atom is -0.493 e. The lowest BCUT2D eigenvalue weighted by molar-refractivity contribution is -0.384. The molecule has 0 aliphatic heterocycles. The Morgan fingerprint density at radius 3 is 1.97 bits per heavy atom. The first-order valence-corrected chi connectivity index (χ1v) is 9.63. The van der Waals surface area contributed by atoms with E-state index in [1.165, 1.54) is 12.1 Å². The molecular formula is C24H21NO4. The Hall–Kier alpha value is -3.60. The van der Waals surface area contributed by atoms with Crippen LogP contribution in [0.2, 0.25) is 0 Å². The van der Waals surface area contributed by atoms with Gasteiger partial charge in [0.25, 0.3) is 5.69 Å². The fourth-order valence-electron chi connectivity index (χ4n) is 3.74. The van der Waals surface area contributed by atoms with Crippen molar-refractivity contribution >= 4 is 27.2 Å². The van der Waals surface area contributed by atoms with E-state index in [1.54, 1.807) is 12.1 Å². The van der Waals surface area contributed by atoms with Crippen LogP contribution >= 0.6 is 0 Å². The second-order valence-electron chi connectivity index (χ2n) is 6.60. The summed E-state index contributed by atoms with van der Waals surface area (Å²) in [6, 6.07) is 20.7. The summed E-state index contributed by atoms with van der Waals surface area (Å²) in [6.07, 6.45) is 0. The molecule has 5 heteroatoms. The van der Waals surface area contributed by atoms with Gasteiger partial charge in [0.15, 0.2) is 0 Å². The number of nitrogens with zero attached hydrogens (tertiary/aromatic N) is 1. The third kappa shape index (κ3) is 3.25. The molecule has 4 rings (SSSR count). The van der Waals surface area contributed by atoms with E-state index in [9.17, 15) is 10.1 Å². The van der Waals surface area contributed by atoms with Gasteiger partial charge in [0.1, 0.15) is 11.5 Å². The highest BCUT2D eigenvalue weighted by molar-refractivity contribution is 6.15. The molecule has 4 aromatic carbocycles. The number of benzene rings is 4. The van der Waals surface area contributed by atoms with Gasteiger partial charge in [-0.3, -0.25) is 10.1 Å². The number of fused-ring (bicyclic) bond motifs is 2. The maximum Gasteiger partial charge on any atom is 0.269 e. The smallest absolute Gasteiger partial charge is 0.269 e. The molecule has 0 bridgehead atoms. The van der Waals surface area contributed by atoms with Crippen LogP contribution in [0.5, 0.6) is 11.5 Å². The molecule has 0 aromatic heterocycles. The van der Waals surface area contributed by atoms with Crippen molar-refractivity contribution in [2.24, 2.45) is 0 Å². The van der Waals surface area contributed by atoms with E-state index in [-0.39, 0.29) is 10.6 Å². The number of hydrogen-bond acceptors (Lipinski definition) is 4. The average Bonchev–Trinajstić information content (AvgIpc) is 2.75. The first-order valence-electron chi connectivity index (χ1n) is 9.63. The fraction of sp³-hybridized carbons (Fsp3) is 0.167. The Balaban J connectivity index is 2.10. The highest BCUT2D eigenvalue weighted by atomic mass is 16.6. The molecule has 0 atom stereocenters. The van der Waals surface area contributed by atoms with Crippen LogP contribution in [0.15, 0.2) is 66.7 Å². The molecule has 0 unspecified atom stereocenters. The topological polar surface area (TPSA) is 61.6 Å².